The van der Waals surface area contributed by atoms with Crippen molar-refractivity contribution in [2.24, 2.45) is 0 Å². The van der Waals surface area contributed by atoms with Crippen molar-refractivity contribution in [2.75, 3.05) is 18.0 Å². The number of rotatable bonds is 1. The van der Waals surface area contributed by atoms with Gasteiger partial charge in [0.05, 0.1) is 22.8 Å². The Kier molecular flexibility index (Phi) is 3.60. The number of nitriles is 1. The summed E-state index contributed by atoms with van der Waals surface area (Å²) in [5, 5.41) is 8.82. The van der Waals surface area contributed by atoms with Gasteiger partial charge in [0.25, 0.3) is 0 Å². The Bertz CT molecular complexity index is 607. The van der Waals surface area contributed by atoms with Gasteiger partial charge in [-0.3, -0.25) is 0 Å². The van der Waals surface area contributed by atoms with E-state index in [0.717, 1.165) is 37.8 Å². The first kappa shape index (κ1) is 15.2. The molecule has 0 radical (unpaired) electrons. The van der Waals surface area contributed by atoms with Gasteiger partial charge in [0.2, 0.25) is 0 Å². The van der Waals surface area contributed by atoms with Crippen LogP contribution < -0.4 is 4.90 Å². The third-order valence-electron chi connectivity index (χ3n) is 4.52. The SMILES string of the molecule is CC1(C)CN(c2c(F)cc(C#N)cc2F)CC2(CCCC2)O1. The summed E-state index contributed by atoms with van der Waals surface area (Å²) < 4.78 is 34.9. The van der Waals surface area contributed by atoms with E-state index in [9.17, 15) is 8.78 Å². The molecule has 0 unspecified atom stereocenters. The molecule has 2 aliphatic rings. The molecule has 0 N–H and O–H groups in total. The fourth-order valence-electron chi connectivity index (χ4n) is 3.88. The van der Waals surface area contributed by atoms with Crippen LogP contribution in [0.2, 0.25) is 0 Å². The van der Waals surface area contributed by atoms with E-state index < -0.39 is 17.2 Å². The van der Waals surface area contributed by atoms with Crippen molar-refractivity contribution in [3.05, 3.63) is 29.3 Å². The molecule has 1 spiro atoms. The van der Waals surface area contributed by atoms with E-state index in [1.54, 1.807) is 11.0 Å². The highest BCUT2D eigenvalue weighted by atomic mass is 19.1. The Labute approximate surface area is 129 Å². The van der Waals surface area contributed by atoms with Crippen molar-refractivity contribution in [1.29, 1.82) is 5.26 Å². The van der Waals surface area contributed by atoms with Gasteiger partial charge < -0.3 is 9.64 Å². The van der Waals surface area contributed by atoms with Crippen molar-refractivity contribution in [2.45, 2.75) is 50.7 Å². The molecule has 0 aromatic heterocycles. The van der Waals surface area contributed by atoms with Gasteiger partial charge in [0, 0.05) is 13.1 Å². The van der Waals surface area contributed by atoms with E-state index in [-0.39, 0.29) is 16.9 Å². The van der Waals surface area contributed by atoms with Crippen LogP contribution in [0.15, 0.2) is 12.1 Å². The number of ether oxygens (including phenoxy) is 1. The molecule has 118 valence electrons. The first-order valence-electron chi connectivity index (χ1n) is 7.68. The third kappa shape index (κ3) is 2.68. The molecule has 2 fully saturated rings. The normalized spacial score (nSPS) is 22.8. The predicted octanol–water partition coefficient (Wildman–Crippen LogP) is 3.76. The Balaban J connectivity index is 1.99. The zero-order valence-electron chi connectivity index (χ0n) is 13.0. The number of morpholine rings is 1. The average molecular weight is 306 g/mol. The molecule has 0 atom stereocenters. The molecule has 3 nitrogen and oxygen atoms in total. The van der Waals surface area contributed by atoms with Gasteiger partial charge in [-0.25, -0.2) is 8.78 Å². The number of anilines is 1. The number of hydrogen-bond acceptors (Lipinski definition) is 3. The predicted molar refractivity (Wildman–Crippen MR) is 79.6 cm³/mol. The summed E-state index contributed by atoms with van der Waals surface area (Å²) in [6, 6.07) is 3.98. The topological polar surface area (TPSA) is 36.3 Å². The summed E-state index contributed by atoms with van der Waals surface area (Å²) in [5.41, 5.74) is -0.812. The summed E-state index contributed by atoms with van der Waals surface area (Å²) >= 11 is 0. The molecule has 5 heteroatoms. The molecule has 0 amide bonds. The Hall–Kier alpha value is -1.67. The fraction of sp³-hybridized carbons (Fsp3) is 0.588. The largest absolute Gasteiger partial charge is 0.365 e. The second-order valence-electron chi connectivity index (χ2n) is 7.01. The van der Waals surface area contributed by atoms with Gasteiger partial charge >= 0.3 is 0 Å². The zero-order chi connectivity index (χ0) is 16.0. The Morgan fingerprint density at radius 1 is 1.14 bits per heavy atom. The fourth-order valence-corrected chi connectivity index (χ4v) is 3.88. The molecular formula is C17H20F2N2O. The molecule has 1 saturated carbocycles. The van der Waals surface area contributed by atoms with Gasteiger partial charge in [-0.1, -0.05) is 12.8 Å². The lowest BCUT2D eigenvalue weighted by atomic mass is 9.93. The second-order valence-corrected chi connectivity index (χ2v) is 7.01. The highest BCUT2D eigenvalue weighted by molar-refractivity contribution is 5.53. The van der Waals surface area contributed by atoms with E-state index in [2.05, 4.69) is 0 Å². The molecule has 22 heavy (non-hydrogen) atoms. The summed E-state index contributed by atoms with van der Waals surface area (Å²) in [6.07, 6.45) is 4.02. The van der Waals surface area contributed by atoms with E-state index in [1.165, 1.54) is 0 Å². The van der Waals surface area contributed by atoms with E-state index in [0.29, 0.717) is 13.1 Å². The van der Waals surface area contributed by atoms with Gasteiger partial charge in [-0.2, -0.15) is 5.26 Å². The summed E-state index contributed by atoms with van der Waals surface area (Å²) in [6.45, 7) is 4.84. The highest BCUT2D eigenvalue weighted by Crippen LogP contribution is 2.42. The van der Waals surface area contributed by atoms with Crippen LogP contribution in [0.4, 0.5) is 14.5 Å². The molecule has 1 aliphatic heterocycles. The van der Waals surface area contributed by atoms with Crippen molar-refractivity contribution < 1.29 is 13.5 Å². The van der Waals surface area contributed by atoms with Crippen LogP contribution in [0, 0.1) is 23.0 Å². The molecule has 3 rings (SSSR count). The minimum absolute atomic E-state index is 0.00171. The lowest BCUT2D eigenvalue weighted by Gasteiger charge is -2.49. The van der Waals surface area contributed by atoms with Crippen LogP contribution in [0.3, 0.4) is 0 Å². The third-order valence-corrected chi connectivity index (χ3v) is 4.52. The summed E-state index contributed by atoms with van der Waals surface area (Å²) in [4.78, 5) is 1.75. The second kappa shape index (κ2) is 5.20. The summed E-state index contributed by atoms with van der Waals surface area (Å²) in [7, 11) is 0. The zero-order valence-corrected chi connectivity index (χ0v) is 13.0. The highest BCUT2D eigenvalue weighted by Gasteiger charge is 2.46. The first-order valence-corrected chi connectivity index (χ1v) is 7.68. The van der Waals surface area contributed by atoms with E-state index in [1.807, 2.05) is 13.8 Å². The monoisotopic (exact) mass is 306 g/mol. The van der Waals surface area contributed by atoms with E-state index in [4.69, 9.17) is 10.00 Å². The molecule has 1 aliphatic carbocycles. The van der Waals surface area contributed by atoms with Gasteiger partial charge in [-0.05, 0) is 38.8 Å². The lowest BCUT2D eigenvalue weighted by molar-refractivity contribution is -0.148. The Morgan fingerprint density at radius 3 is 2.27 bits per heavy atom. The number of nitrogens with zero attached hydrogens (tertiary/aromatic N) is 2. The minimum atomic E-state index is -0.678. The van der Waals surface area contributed by atoms with Crippen LogP contribution in [0.1, 0.15) is 45.1 Å². The van der Waals surface area contributed by atoms with Crippen LogP contribution in [-0.2, 0) is 4.74 Å². The standard InChI is InChI=1S/C17H20F2N2O/c1-16(2)10-21(11-17(22-16)5-3-4-6-17)15-13(18)7-12(9-20)8-14(15)19/h7-8H,3-6,10-11H2,1-2H3. The van der Waals surface area contributed by atoms with Crippen LogP contribution >= 0.6 is 0 Å². The van der Waals surface area contributed by atoms with Crippen molar-refractivity contribution in [1.82, 2.24) is 0 Å². The average Bonchev–Trinajstić information content (AvgIpc) is 2.83. The maximum absolute atomic E-state index is 14.3. The molecule has 1 aromatic carbocycles. The smallest absolute Gasteiger partial charge is 0.150 e. The molecule has 1 heterocycles. The number of hydrogen-bond donors (Lipinski definition) is 0. The number of halogens is 2. The van der Waals surface area contributed by atoms with Gasteiger partial charge in [0.15, 0.2) is 11.6 Å². The number of benzene rings is 1. The molecule has 0 bridgehead atoms. The minimum Gasteiger partial charge on any atom is -0.365 e. The Morgan fingerprint density at radius 2 is 1.73 bits per heavy atom. The summed E-state index contributed by atoms with van der Waals surface area (Å²) in [5.74, 6) is -1.36. The first-order chi connectivity index (χ1) is 10.3. The lowest BCUT2D eigenvalue weighted by Crippen LogP contribution is -2.59. The van der Waals surface area contributed by atoms with Crippen LogP contribution in [0.5, 0.6) is 0 Å². The van der Waals surface area contributed by atoms with Crippen LogP contribution in [-0.4, -0.2) is 24.3 Å². The molecule has 1 aromatic rings. The van der Waals surface area contributed by atoms with Crippen LogP contribution in [0.25, 0.3) is 0 Å². The molecular weight excluding hydrogens is 286 g/mol. The van der Waals surface area contributed by atoms with Crippen molar-refractivity contribution >= 4 is 5.69 Å². The molecule has 1 saturated heterocycles. The van der Waals surface area contributed by atoms with Gasteiger partial charge in [-0.15, -0.1) is 0 Å². The van der Waals surface area contributed by atoms with Gasteiger partial charge in [0.1, 0.15) is 5.69 Å². The van der Waals surface area contributed by atoms with Crippen molar-refractivity contribution in [3.8, 4) is 6.07 Å². The quantitative estimate of drug-likeness (QED) is 0.792. The maximum Gasteiger partial charge on any atom is 0.150 e. The van der Waals surface area contributed by atoms with E-state index >= 15 is 0 Å². The maximum atomic E-state index is 14.3. The van der Waals surface area contributed by atoms with Crippen molar-refractivity contribution in [3.63, 3.8) is 0 Å².